The van der Waals surface area contributed by atoms with Gasteiger partial charge in [0.15, 0.2) is 0 Å². The molecule has 11 heavy (non-hydrogen) atoms. The van der Waals surface area contributed by atoms with Crippen LogP contribution in [0.15, 0.2) is 12.2 Å². The van der Waals surface area contributed by atoms with E-state index in [0.29, 0.717) is 24.7 Å². The van der Waals surface area contributed by atoms with Crippen LogP contribution in [0.4, 0.5) is 0 Å². The van der Waals surface area contributed by atoms with Crippen LogP contribution < -0.4 is 5.73 Å². The first-order valence-electron chi connectivity index (χ1n) is 4.19. The lowest BCUT2D eigenvalue weighted by Crippen LogP contribution is -2.11. The van der Waals surface area contributed by atoms with E-state index >= 15 is 0 Å². The normalized spacial score (nSPS) is 17.5. The lowest BCUT2D eigenvalue weighted by molar-refractivity contribution is -0.119. The topological polar surface area (TPSA) is 43.1 Å². The predicted octanol–water partition coefficient (Wildman–Crippen LogP) is 1.26. The van der Waals surface area contributed by atoms with Crippen molar-refractivity contribution in [2.75, 3.05) is 6.54 Å². The van der Waals surface area contributed by atoms with Gasteiger partial charge in [-0.25, -0.2) is 0 Å². The van der Waals surface area contributed by atoms with Crippen LogP contribution in [0.3, 0.4) is 0 Å². The molecule has 0 aliphatic heterocycles. The van der Waals surface area contributed by atoms with Crippen LogP contribution >= 0.6 is 0 Å². The molecule has 2 nitrogen and oxygen atoms in total. The van der Waals surface area contributed by atoms with Crippen LogP contribution in [0.25, 0.3) is 0 Å². The van der Waals surface area contributed by atoms with E-state index in [1.807, 2.05) is 0 Å². The van der Waals surface area contributed by atoms with Gasteiger partial charge in [0.25, 0.3) is 0 Å². The van der Waals surface area contributed by atoms with Crippen molar-refractivity contribution >= 4 is 5.78 Å². The van der Waals surface area contributed by atoms with E-state index in [1.165, 1.54) is 0 Å². The van der Waals surface area contributed by atoms with Crippen LogP contribution in [0.1, 0.15) is 25.7 Å². The standard InChI is InChI=1S/C9H15NO/c10-6-5-9(11)7-8-3-1-2-4-8/h1-2,8H,3-7,10H2. The number of nitrogens with two attached hydrogens (primary N) is 1. The highest BCUT2D eigenvalue weighted by atomic mass is 16.1. The van der Waals surface area contributed by atoms with Gasteiger partial charge < -0.3 is 5.73 Å². The fraction of sp³-hybridized carbons (Fsp3) is 0.667. The van der Waals surface area contributed by atoms with Crippen LogP contribution in [0.2, 0.25) is 0 Å². The summed E-state index contributed by atoms with van der Waals surface area (Å²) in [6.45, 7) is 0.499. The molecule has 0 aromatic carbocycles. The molecule has 0 saturated heterocycles. The Balaban J connectivity index is 2.15. The molecule has 0 bridgehead atoms. The molecule has 0 saturated carbocycles. The molecular weight excluding hydrogens is 138 g/mol. The Morgan fingerprint density at radius 2 is 2.09 bits per heavy atom. The van der Waals surface area contributed by atoms with Crippen molar-refractivity contribution in [1.29, 1.82) is 0 Å². The summed E-state index contributed by atoms with van der Waals surface area (Å²) in [5.41, 5.74) is 5.27. The van der Waals surface area contributed by atoms with E-state index in [-0.39, 0.29) is 0 Å². The molecule has 2 heteroatoms. The minimum atomic E-state index is 0.321. The molecule has 0 unspecified atom stereocenters. The summed E-state index contributed by atoms with van der Waals surface area (Å²) in [6.07, 6.45) is 7.74. The highest BCUT2D eigenvalue weighted by Crippen LogP contribution is 2.21. The highest BCUT2D eigenvalue weighted by Gasteiger charge is 2.13. The maximum Gasteiger partial charge on any atom is 0.134 e. The molecule has 0 spiro atoms. The number of hydrogen-bond acceptors (Lipinski definition) is 2. The van der Waals surface area contributed by atoms with Gasteiger partial charge in [0.2, 0.25) is 0 Å². The second kappa shape index (κ2) is 4.29. The average molecular weight is 153 g/mol. The monoisotopic (exact) mass is 153 g/mol. The maximum absolute atomic E-state index is 11.1. The minimum absolute atomic E-state index is 0.321. The van der Waals surface area contributed by atoms with E-state index < -0.39 is 0 Å². The van der Waals surface area contributed by atoms with E-state index in [9.17, 15) is 4.79 Å². The van der Waals surface area contributed by atoms with E-state index in [0.717, 1.165) is 19.3 Å². The summed E-state index contributed by atoms with van der Waals surface area (Å²) in [5.74, 6) is 0.898. The first-order chi connectivity index (χ1) is 5.33. The van der Waals surface area contributed by atoms with Gasteiger partial charge in [0.05, 0.1) is 0 Å². The summed E-state index contributed by atoms with van der Waals surface area (Å²) in [6, 6.07) is 0. The SMILES string of the molecule is NCCC(=O)CC1CC=CC1. The van der Waals surface area contributed by atoms with E-state index in [2.05, 4.69) is 12.2 Å². The number of rotatable bonds is 4. The van der Waals surface area contributed by atoms with Gasteiger partial charge in [0.1, 0.15) is 5.78 Å². The summed E-state index contributed by atoms with van der Waals surface area (Å²) < 4.78 is 0. The Hall–Kier alpha value is -0.630. The zero-order valence-electron chi connectivity index (χ0n) is 6.75. The third kappa shape index (κ3) is 2.85. The number of allylic oxidation sites excluding steroid dienone is 2. The second-order valence-electron chi connectivity index (χ2n) is 3.09. The van der Waals surface area contributed by atoms with Crippen LogP contribution in [0, 0.1) is 5.92 Å². The van der Waals surface area contributed by atoms with E-state index in [4.69, 9.17) is 5.73 Å². The molecule has 0 amide bonds. The largest absolute Gasteiger partial charge is 0.330 e. The summed E-state index contributed by atoms with van der Waals surface area (Å²) in [4.78, 5) is 11.1. The zero-order valence-corrected chi connectivity index (χ0v) is 6.75. The van der Waals surface area contributed by atoms with Crippen molar-refractivity contribution in [3.8, 4) is 0 Å². The van der Waals surface area contributed by atoms with Crippen LogP contribution in [-0.4, -0.2) is 12.3 Å². The highest BCUT2D eigenvalue weighted by molar-refractivity contribution is 5.78. The van der Waals surface area contributed by atoms with Crippen LogP contribution in [-0.2, 0) is 4.79 Å². The fourth-order valence-corrected chi connectivity index (χ4v) is 1.43. The molecular formula is C9H15NO. The van der Waals surface area contributed by atoms with Crippen molar-refractivity contribution < 1.29 is 4.79 Å². The molecule has 62 valence electrons. The average Bonchev–Trinajstić information content (AvgIpc) is 2.40. The van der Waals surface area contributed by atoms with Gasteiger partial charge in [-0.1, -0.05) is 12.2 Å². The van der Waals surface area contributed by atoms with Gasteiger partial charge in [-0.3, -0.25) is 4.79 Å². The minimum Gasteiger partial charge on any atom is -0.330 e. The molecule has 0 radical (unpaired) electrons. The van der Waals surface area contributed by atoms with Crippen molar-refractivity contribution in [2.45, 2.75) is 25.7 Å². The summed E-state index contributed by atoms with van der Waals surface area (Å²) in [5, 5.41) is 0. The Bertz CT molecular complexity index is 155. The molecule has 1 aliphatic carbocycles. The Morgan fingerprint density at radius 3 is 2.64 bits per heavy atom. The quantitative estimate of drug-likeness (QED) is 0.618. The first kappa shape index (κ1) is 8.47. The van der Waals surface area contributed by atoms with Crippen molar-refractivity contribution in [1.82, 2.24) is 0 Å². The molecule has 2 N–H and O–H groups in total. The predicted molar refractivity (Wildman–Crippen MR) is 45.2 cm³/mol. The number of Topliss-reactive ketones (excluding diaryl/α,β-unsaturated/α-hetero) is 1. The molecule has 1 rings (SSSR count). The number of carbonyl (C=O) groups excluding carboxylic acids is 1. The molecule has 0 atom stereocenters. The van der Waals surface area contributed by atoms with Crippen molar-refractivity contribution in [2.24, 2.45) is 11.7 Å². The fourth-order valence-electron chi connectivity index (χ4n) is 1.43. The number of carbonyl (C=O) groups is 1. The zero-order chi connectivity index (χ0) is 8.10. The number of ketones is 1. The molecule has 0 fully saturated rings. The Kier molecular flexibility index (Phi) is 3.30. The Morgan fingerprint density at radius 1 is 1.45 bits per heavy atom. The van der Waals surface area contributed by atoms with Crippen molar-refractivity contribution in [3.05, 3.63) is 12.2 Å². The molecule has 0 aromatic heterocycles. The van der Waals surface area contributed by atoms with Gasteiger partial charge in [0, 0.05) is 12.8 Å². The lowest BCUT2D eigenvalue weighted by Gasteiger charge is -2.05. The summed E-state index contributed by atoms with van der Waals surface area (Å²) in [7, 11) is 0. The van der Waals surface area contributed by atoms with Gasteiger partial charge in [-0.2, -0.15) is 0 Å². The lowest BCUT2D eigenvalue weighted by atomic mass is 9.99. The van der Waals surface area contributed by atoms with Gasteiger partial charge >= 0.3 is 0 Å². The molecule has 0 aromatic rings. The van der Waals surface area contributed by atoms with Crippen molar-refractivity contribution in [3.63, 3.8) is 0 Å². The number of hydrogen-bond donors (Lipinski definition) is 1. The van der Waals surface area contributed by atoms with Gasteiger partial charge in [-0.15, -0.1) is 0 Å². The summed E-state index contributed by atoms with van der Waals surface area (Å²) >= 11 is 0. The third-order valence-electron chi connectivity index (χ3n) is 2.05. The maximum atomic E-state index is 11.1. The Labute approximate surface area is 67.5 Å². The van der Waals surface area contributed by atoms with E-state index in [1.54, 1.807) is 0 Å². The van der Waals surface area contributed by atoms with Crippen LogP contribution in [0.5, 0.6) is 0 Å². The molecule has 1 aliphatic rings. The molecule has 0 heterocycles. The van der Waals surface area contributed by atoms with Gasteiger partial charge in [-0.05, 0) is 25.3 Å². The smallest absolute Gasteiger partial charge is 0.134 e. The third-order valence-corrected chi connectivity index (χ3v) is 2.05. The second-order valence-corrected chi connectivity index (χ2v) is 3.09. The first-order valence-corrected chi connectivity index (χ1v) is 4.19.